The lowest BCUT2D eigenvalue weighted by molar-refractivity contribution is -0.384. The molecule has 1 saturated heterocycles. The minimum absolute atomic E-state index is 0.0613. The fraction of sp³-hybridized carbons (Fsp3) is 0.385. The number of rotatable bonds is 4. The highest BCUT2D eigenvalue weighted by atomic mass is 35.5. The first-order chi connectivity index (χ1) is 17.6. The molecule has 1 fully saturated rings. The maximum Gasteiger partial charge on any atom is 0.280 e. The lowest BCUT2D eigenvalue weighted by Crippen LogP contribution is -2.37. The van der Waals surface area contributed by atoms with Gasteiger partial charge in [-0.15, -0.1) is 10.2 Å². The molecule has 2 aromatic heterocycles. The Morgan fingerprint density at radius 1 is 1.08 bits per heavy atom. The molecule has 2 aromatic carbocycles. The van der Waals surface area contributed by atoms with Crippen molar-refractivity contribution < 1.29 is 9.72 Å². The second-order valence-corrected chi connectivity index (χ2v) is 10.9. The molecular weight excluding hydrogens is 494 g/mol. The van der Waals surface area contributed by atoms with E-state index < -0.39 is 4.92 Å². The van der Waals surface area contributed by atoms with Crippen molar-refractivity contribution in [3.63, 3.8) is 0 Å². The van der Waals surface area contributed by atoms with Crippen molar-refractivity contribution in [3.05, 3.63) is 57.6 Å². The van der Waals surface area contributed by atoms with Gasteiger partial charge in [0.2, 0.25) is 11.9 Å². The molecule has 192 valence electrons. The Bertz CT molecular complexity index is 1510. The van der Waals surface area contributed by atoms with E-state index in [1.54, 1.807) is 34.7 Å². The number of hydrogen-bond acceptors (Lipinski definition) is 7. The number of halogens is 1. The number of benzene rings is 2. The monoisotopic (exact) mass is 521 g/mol. The molecule has 1 amide bonds. The molecule has 0 saturated carbocycles. The largest absolute Gasteiger partial charge is 0.341 e. The summed E-state index contributed by atoms with van der Waals surface area (Å²) in [5.74, 6) is 1.04. The molecule has 0 radical (unpaired) electrons. The maximum atomic E-state index is 12.9. The Kier molecular flexibility index (Phi) is 6.45. The van der Waals surface area contributed by atoms with E-state index in [1.165, 1.54) is 6.07 Å². The lowest BCUT2D eigenvalue weighted by Gasteiger charge is -2.26. The molecule has 0 bridgehead atoms. The highest BCUT2D eigenvalue weighted by molar-refractivity contribution is 6.31. The fourth-order valence-electron chi connectivity index (χ4n) is 4.73. The molecular formula is C26H28ClN7O3. The van der Waals surface area contributed by atoms with Crippen LogP contribution in [0.3, 0.4) is 0 Å². The zero-order chi connectivity index (χ0) is 26.3. The van der Waals surface area contributed by atoms with Gasteiger partial charge >= 0.3 is 0 Å². The van der Waals surface area contributed by atoms with Crippen molar-refractivity contribution in [3.8, 4) is 11.4 Å². The van der Waals surface area contributed by atoms with Crippen molar-refractivity contribution in [2.24, 2.45) is 5.41 Å². The summed E-state index contributed by atoms with van der Waals surface area (Å²) in [5.41, 5.74) is 1.40. The Hall–Kier alpha value is -3.79. The zero-order valence-corrected chi connectivity index (χ0v) is 21.8. The number of para-hydroxylation sites is 1. The van der Waals surface area contributed by atoms with E-state index in [-0.39, 0.29) is 17.0 Å². The average Bonchev–Trinajstić information content (AvgIpc) is 3.12. The van der Waals surface area contributed by atoms with Gasteiger partial charge in [0.1, 0.15) is 0 Å². The van der Waals surface area contributed by atoms with Crippen LogP contribution >= 0.6 is 11.6 Å². The molecule has 1 aliphatic heterocycles. The van der Waals surface area contributed by atoms with Crippen molar-refractivity contribution in [2.45, 2.75) is 33.6 Å². The molecule has 11 heteroatoms. The highest BCUT2D eigenvalue weighted by Crippen LogP contribution is 2.34. The molecule has 0 N–H and O–H groups in total. The van der Waals surface area contributed by atoms with Crippen LogP contribution in [-0.4, -0.2) is 61.5 Å². The van der Waals surface area contributed by atoms with Crippen LogP contribution in [-0.2, 0) is 4.79 Å². The molecule has 5 rings (SSSR count). The van der Waals surface area contributed by atoms with Crippen molar-refractivity contribution in [2.75, 3.05) is 31.1 Å². The number of carbonyl (C=O) groups is 1. The Labute approximate surface area is 219 Å². The Morgan fingerprint density at radius 2 is 1.86 bits per heavy atom. The Morgan fingerprint density at radius 3 is 2.62 bits per heavy atom. The summed E-state index contributed by atoms with van der Waals surface area (Å²) in [7, 11) is 0. The van der Waals surface area contributed by atoms with Crippen LogP contribution in [0.5, 0.6) is 0 Å². The summed E-state index contributed by atoms with van der Waals surface area (Å²) >= 11 is 6.28. The number of nitro benzene ring substituents is 1. The number of nitrogens with zero attached hydrogens (tertiary/aromatic N) is 7. The maximum absolute atomic E-state index is 12.9. The third kappa shape index (κ3) is 4.93. The van der Waals surface area contributed by atoms with E-state index in [9.17, 15) is 14.9 Å². The van der Waals surface area contributed by atoms with E-state index in [0.717, 1.165) is 11.8 Å². The van der Waals surface area contributed by atoms with E-state index >= 15 is 0 Å². The van der Waals surface area contributed by atoms with Gasteiger partial charge in [-0.05, 0) is 36.1 Å². The summed E-state index contributed by atoms with van der Waals surface area (Å²) in [6.45, 7) is 8.60. The van der Waals surface area contributed by atoms with Gasteiger partial charge in [0.05, 0.1) is 16.0 Å². The van der Waals surface area contributed by atoms with E-state index in [2.05, 4.69) is 35.9 Å². The van der Waals surface area contributed by atoms with E-state index in [1.807, 2.05) is 11.0 Å². The molecule has 0 spiro atoms. The van der Waals surface area contributed by atoms with Crippen LogP contribution in [0.4, 0.5) is 11.6 Å². The first-order valence-corrected chi connectivity index (χ1v) is 12.6. The number of hydrogen-bond donors (Lipinski definition) is 0. The van der Waals surface area contributed by atoms with Gasteiger partial charge in [-0.2, -0.15) is 0 Å². The zero-order valence-electron chi connectivity index (χ0n) is 21.0. The van der Waals surface area contributed by atoms with Gasteiger partial charge < -0.3 is 9.80 Å². The fourth-order valence-corrected chi connectivity index (χ4v) is 4.90. The van der Waals surface area contributed by atoms with Crippen LogP contribution in [0.15, 0.2) is 42.5 Å². The second-order valence-electron chi connectivity index (χ2n) is 10.5. The van der Waals surface area contributed by atoms with E-state index in [0.29, 0.717) is 66.1 Å². The molecule has 0 atom stereocenters. The van der Waals surface area contributed by atoms with Crippen LogP contribution in [0, 0.1) is 15.5 Å². The second kappa shape index (κ2) is 9.59. The first-order valence-electron chi connectivity index (χ1n) is 12.2. The first kappa shape index (κ1) is 24.9. The highest BCUT2D eigenvalue weighted by Gasteiger charge is 2.28. The summed E-state index contributed by atoms with van der Waals surface area (Å²) in [5, 5.41) is 21.9. The van der Waals surface area contributed by atoms with Crippen LogP contribution in [0.1, 0.15) is 33.6 Å². The number of carbonyl (C=O) groups excluding carboxylic acids is 1. The van der Waals surface area contributed by atoms with Crippen molar-refractivity contribution in [1.29, 1.82) is 0 Å². The van der Waals surface area contributed by atoms with Gasteiger partial charge in [0, 0.05) is 49.1 Å². The number of amides is 1. The summed E-state index contributed by atoms with van der Waals surface area (Å²) in [4.78, 5) is 33.3. The third-order valence-electron chi connectivity index (χ3n) is 6.44. The quantitative estimate of drug-likeness (QED) is 0.275. The number of fused-ring (bicyclic) bond motifs is 3. The molecule has 0 unspecified atom stereocenters. The molecule has 37 heavy (non-hydrogen) atoms. The molecule has 3 heterocycles. The minimum atomic E-state index is -0.422. The summed E-state index contributed by atoms with van der Waals surface area (Å²) < 4.78 is 1.78. The number of nitro groups is 1. The molecule has 10 nitrogen and oxygen atoms in total. The third-order valence-corrected chi connectivity index (χ3v) is 6.67. The minimum Gasteiger partial charge on any atom is -0.341 e. The molecule has 1 aliphatic rings. The SMILES string of the molecule is CC(C)(C)CC(=O)N1CCCN(c2nc3cc(Cl)ccc3c3nnc(-c4ccccc4[N+](=O)[O-])n23)CC1. The van der Waals surface area contributed by atoms with Crippen LogP contribution in [0.25, 0.3) is 27.9 Å². The van der Waals surface area contributed by atoms with Gasteiger partial charge in [0.25, 0.3) is 5.69 Å². The summed E-state index contributed by atoms with van der Waals surface area (Å²) in [6, 6.07) is 11.8. The molecule has 4 aromatic rings. The number of anilines is 1. The van der Waals surface area contributed by atoms with E-state index in [4.69, 9.17) is 16.6 Å². The predicted octanol–water partition coefficient (Wildman–Crippen LogP) is 4.98. The molecule has 0 aliphatic carbocycles. The van der Waals surface area contributed by atoms with Crippen LogP contribution < -0.4 is 4.90 Å². The lowest BCUT2D eigenvalue weighted by atomic mass is 9.91. The Balaban J connectivity index is 1.63. The van der Waals surface area contributed by atoms with Gasteiger partial charge in [-0.1, -0.05) is 44.5 Å². The topological polar surface area (TPSA) is 110 Å². The van der Waals surface area contributed by atoms with Gasteiger partial charge in [-0.3, -0.25) is 14.9 Å². The predicted molar refractivity (Wildman–Crippen MR) is 143 cm³/mol. The average molecular weight is 522 g/mol. The smallest absolute Gasteiger partial charge is 0.280 e. The normalized spacial score (nSPS) is 14.8. The van der Waals surface area contributed by atoms with Crippen LogP contribution in [0.2, 0.25) is 5.02 Å². The van der Waals surface area contributed by atoms with Crippen molar-refractivity contribution >= 4 is 45.7 Å². The standard InChI is InChI=1S/C26H28ClN7O3/c1-26(2,3)16-22(35)31-11-6-12-32(14-13-31)25-28-20-15-17(27)9-10-18(20)23-29-30-24(33(23)25)19-7-4-5-8-21(19)34(36)37/h4-5,7-10,15H,6,11-14,16H2,1-3H3. The van der Waals surface area contributed by atoms with Gasteiger partial charge in [-0.25, -0.2) is 9.38 Å². The number of aromatic nitrogens is 4. The summed E-state index contributed by atoms with van der Waals surface area (Å²) in [6.07, 6.45) is 1.24. The van der Waals surface area contributed by atoms with Crippen molar-refractivity contribution in [1.82, 2.24) is 24.5 Å². The van der Waals surface area contributed by atoms with Gasteiger partial charge in [0.15, 0.2) is 11.5 Å².